The van der Waals surface area contributed by atoms with Crippen molar-refractivity contribution in [3.63, 3.8) is 0 Å². The summed E-state index contributed by atoms with van der Waals surface area (Å²) in [5, 5.41) is 0. The summed E-state index contributed by atoms with van der Waals surface area (Å²) < 4.78 is 64.9. The van der Waals surface area contributed by atoms with E-state index in [1.54, 1.807) is 0 Å². The minimum atomic E-state index is -5.17. The van der Waals surface area contributed by atoms with Crippen LogP contribution in [-0.4, -0.2) is 17.6 Å². The Morgan fingerprint density at radius 3 is 2.44 bits per heavy atom. The molecule has 0 spiro atoms. The number of aldehydes is 1. The van der Waals surface area contributed by atoms with Crippen molar-refractivity contribution in [3.05, 3.63) is 23.0 Å². The number of aromatic nitrogens is 1. The van der Waals surface area contributed by atoms with E-state index in [1.807, 2.05) is 0 Å². The summed E-state index contributed by atoms with van der Waals surface area (Å²) in [6.07, 6.45) is -7.86. The monoisotopic (exact) mass is 289 g/mol. The Labute approximate surface area is 103 Å². The second-order valence-electron chi connectivity index (χ2n) is 3.01. The van der Waals surface area contributed by atoms with Crippen LogP contribution in [0.3, 0.4) is 0 Å². The molecule has 1 rings (SSSR count). The van der Waals surface area contributed by atoms with Gasteiger partial charge in [0.05, 0.1) is 11.4 Å². The molecule has 18 heavy (non-hydrogen) atoms. The summed E-state index contributed by atoms with van der Waals surface area (Å²) in [7, 11) is 0. The second kappa shape index (κ2) is 5.47. The first kappa shape index (κ1) is 14.6. The maximum Gasteiger partial charge on any atom is 0.573 e. The molecule has 100 valence electrons. The SMILES string of the molecule is O=Cc1ncc(C(F)F)c(OC(F)(F)F)c1CCl. The van der Waals surface area contributed by atoms with Crippen molar-refractivity contribution < 1.29 is 31.5 Å². The van der Waals surface area contributed by atoms with Crippen molar-refractivity contribution in [2.45, 2.75) is 18.7 Å². The highest BCUT2D eigenvalue weighted by molar-refractivity contribution is 6.17. The number of hydrogen-bond donors (Lipinski definition) is 0. The fourth-order valence-corrected chi connectivity index (χ4v) is 1.45. The average molecular weight is 290 g/mol. The zero-order chi connectivity index (χ0) is 13.9. The van der Waals surface area contributed by atoms with Crippen LogP contribution < -0.4 is 4.74 Å². The van der Waals surface area contributed by atoms with Crippen LogP contribution in [0.2, 0.25) is 0 Å². The normalized spacial score (nSPS) is 11.7. The second-order valence-corrected chi connectivity index (χ2v) is 3.27. The van der Waals surface area contributed by atoms with Crippen molar-refractivity contribution >= 4 is 17.9 Å². The molecule has 0 atom stereocenters. The molecule has 0 aliphatic carbocycles. The van der Waals surface area contributed by atoms with Crippen molar-refractivity contribution in [1.82, 2.24) is 4.98 Å². The number of carbonyl (C=O) groups excluding carboxylic acids is 1. The molecule has 0 aromatic carbocycles. The minimum absolute atomic E-state index is 0.107. The van der Waals surface area contributed by atoms with Gasteiger partial charge in [-0.25, -0.2) is 8.78 Å². The number of alkyl halides is 6. The largest absolute Gasteiger partial charge is 0.573 e. The van der Waals surface area contributed by atoms with Gasteiger partial charge in [0.2, 0.25) is 0 Å². The van der Waals surface area contributed by atoms with Gasteiger partial charge < -0.3 is 4.74 Å². The minimum Gasteiger partial charge on any atom is -0.405 e. The fourth-order valence-electron chi connectivity index (χ4n) is 1.19. The van der Waals surface area contributed by atoms with E-state index in [2.05, 4.69) is 9.72 Å². The van der Waals surface area contributed by atoms with E-state index in [0.717, 1.165) is 0 Å². The molecular weight excluding hydrogens is 285 g/mol. The number of nitrogens with zero attached hydrogens (tertiary/aromatic N) is 1. The van der Waals surface area contributed by atoms with E-state index >= 15 is 0 Å². The van der Waals surface area contributed by atoms with Gasteiger partial charge in [-0.05, 0) is 0 Å². The molecule has 0 saturated heterocycles. The molecule has 0 amide bonds. The summed E-state index contributed by atoms with van der Waals surface area (Å²) >= 11 is 5.33. The van der Waals surface area contributed by atoms with Crippen molar-refractivity contribution in [2.24, 2.45) is 0 Å². The Morgan fingerprint density at radius 2 is 2.06 bits per heavy atom. The molecule has 1 aromatic rings. The average Bonchev–Trinajstić information content (AvgIpc) is 2.25. The summed E-state index contributed by atoms with van der Waals surface area (Å²) in [4.78, 5) is 13.8. The first-order valence-electron chi connectivity index (χ1n) is 4.37. The first-order valence-corrected chi connectivity index (χ1v) is 4.90. The van der Waals surface area contributed by atoms with E-state index in [-0.39, 0.29) is 6.29 Å². The molecule has 0 fully saturated rings. The predicted molar refractivity (Wildman–Crippen MR) is 50.8 cm³/mol. The number of rotatable bonds is 4. The van der Waals surface area contributed by atoms with Crippen LogP contribution in [-0.2, 0) is 5.88 Å². The van der Waals surface area contributed by atoms with Gasteiger partial charge in [0, 0.05) is 11.8 Å². The highest BCUT2D eigenvalue weighted by Gasteiger charge is 2.35. The number of ether oxygens (including phenoxy) is 1. The summed E-state index contributed by atoms with van der Waals surface area (Å²) in [5.74, 6) is -1.79. The molecule has 0 saturated carbocycles. The van der Waals surface area contributed by atoms with E-state index in [4.69, 9.17) is 11.6 Å². The highest BCUT2D eigenvalue weighted by Crippen LogP contribution is 2.36. The van der Waals surface area contributed by atoms with Crippen molar-refractivity contribution in [2.75, 3.05) is 0 Å². The lowest BCUT2D eigenvalue weighted by Gasteiger charge is -2.16. The molecule has 3 nitrogen and oxygen atoms in total. The summed E-state index contributed by atoms with van der Waals surface area (Å²) in [6.45, 7) is 0. The van der Waals surface area contributed by atoms with Crippen molar-refractivity contribution in [1.29, 1.82) is 0 Å². The Balaban J connectivity index is 3.43. The number of halogens is 6. The first-order chi connectivity index (χ1) is 8.30. The van der Waals surface area contributed by atoms with Crippen LogP contribution in [0.4, 0.5) is 22.0 Å². The lowest BCUT2D eigenvalue weighted by Crippen LogP contribution is -2.20. The Morgan fingerprint density at radius 1 is 1.44 bits per heavy atom. The molecule has 9 heteroatoms. The maximum atomic E-state index is 12.5. The summed E-state index contributed by atoms with van der Waals surface area (Å²) in [6, 6.07) is 0. The van der Waals surface area contributed by atoms with Gasteiger partial charge in [-0.15, -0.1) is 24.8 Å². The van der Waals surface area contributed by atoms with Gasteiger partial charge in [-0.2, -0.15) is 0 Å². The molecule has 0 N–H and O–H groups in total. The Bertz CT molecular complexity index is 449. The predicted octanol–water partition coefficient (Wildman–Crippen LogP) is 3.47. The summed E-state index contributed by atoms with van der Waals surface area (Å²) in [5.41, 5.74) is -2.08. The van der Waals surface area contributed by atoms with Gasteiger partial charge in [0.1, 0.15) is 11.4 Å². The molecule has 0 aliphatic heterocycles. The van der Waals surface area contributed by atoms with Gasteiger partial charge in [-0.3, -0.25) is 9.78 Å². The highest BCUT2D eigenvalue weighted by atomic mass is 35.5. The van der Waals surface area contributed by atoms with E-state index < -0.39 is 41.2 Å². The standard InChI is InChI=1S/C9H5ClF5NO2/c10-1-4-6(3-17)16-2-5(8(11)12)7(4)18-9(13,14)15/h2-3,8H,1H2. The maximum absolute atomic E-state index is 12.5. The molecule has 1 aromatic heterocycles. The van der Waals surface area contributed by atoms with E-state index in [9.17, 15) is 26.7 Å². The Hall–Kier alpha value is -1.44. The molecular formula is C9H5ClF5NO2. The van der Waals surface area contributed by atoms with Crippen molar-refractivity contribution in [3.8, 4) is 5.75 Å². The number of hydrogen-bond acceptors (Lipinski definition) is 3. The quantitative estimate of drug-likeness (QED) is 0.484. The number of carbonyl (C=O) groups is 1. The zero-order valence-corrected chi connectivity index (χ0v) is 9.23. The smallest absolute Gasteiger partial charge is 0.405 e. The van der Waals surface area contributed by atoms with Crippen LogP contribution in [0.5, 0.6) is 5.75 Å². The lowest BCUT2D eigenvalue weighted by atomic mass is 10.1. The lowest BCUT2D eigenvalue weighted by molar-refractivity contribution is -0.275. The topological polar surface area (TPSA) is 39.2 Å². The third-order valence-corrected chi connectivity index (χ3v) is 2.15. The third kappa shape index (κ3) is 3.28. The molecule has 0 radical (unpaired) electrons. The Kier molecular flexibility index (Phi) is 4.44. The molecule has 1 heterocycles. The zero-order valence-electron chi connectivity index (χ0n) is 8.47. The number of pyridine rings is 1. The van der Waals surface area contributed by atoms with Gasteiger partial charge in [-0.1, -0.05) is 0 Å². The van der Waals surface area contributed by atoms with Gasteiger partial charge in [0.25, 0.3) is 6.43 Å². The van der Waals surface area contributed by atoms with E-state index in [0.29, 0.717) is 6.20 Å². The van der Waals surface area contributed by atoms with Crippen LogP contribution in [0.25, 0.3) is 0 Å². The molecule has 0 aliphatic rings. The fraction of sp³-hybridized carbons (Fsp3) is 0.333. The van der Waals surface area contributed by atoms with Gasteiger partial charge in [0.15, 0.2) is 6.29 Å². The van der Waals surface area contributed by atoms with E-state index in [1.165, 1.54) is 0 Å². The van der Waals surface area contributed by atoms with Gasteiger partial charge >= 0.3 is 6.36 Å². The third-order valence-electron chi connectivity index (χ3n) is 1.89. The van der Waals surface area contributed by atoms with Crippen LogP contribution >= 0.6 is 11.6 Å². The van der Waals surface area contributed by atoms with Crippen LogP contribution in [0, 0.1) is 0 Å². The van der Waals surface area contributed by atoms with Crippen LogP contribution in [0.15, 0.2) is 6.20 Å². The molecule has 0 unspecified atom stereocenters. The van der Waals surface area contributed by atoms with Crippen LogP contribution in [0.1, 0.15) is 28.0 Å². The molecule has 0 bridgehead atoms.